The molecule has 1 N–H and O–H groups in total. The van der Waals surface area contributed by atoms with Gasteiger partial charge in [-0.05, 0) is 82.0 Å². The summed E-state index contributed by atoms with van der Waals surface area (Å²) in [6, 6.07) is 0. The van der Waals surface area contributed by atoms with Crippen LogP contribution in [0.25, 0.3) is 0 Å². The number of carbonyl (C=O) groups is 1. The molecule has 3 heteroatoms. The Hall–Kier alpha value is -0.830. The van der Waals surface area contributed by atoms with Crippen LogP contribution in [0.15, 0.2) is 11.6 Å². The summed E-state index contributed by atoms with van der Waals surface area (Å²) in [5, 5.41) is 10.00. The van der Waals surface area contributed by atoms with Gasteiger partial charge in [0, 0.05) is 12.3 Å². The molecule has 7 atom stereocenters. The fourth-order valence-corrected chi connectivity index (χ4v) is 6.96. The van der Waals surface area contributed by atoms with Gasteiger partial charge in [-0.2, -0.15) is 0 Å². The van der Waals surface area contributed by atoms with E-state index in [4.69, 9.17) is 4.74 Å². The molecule has 0 aromatic heterocycles. The predicted octanol–water partition coefficient (Wildman–Crippen LogP) is 4.24. The van der Waals surface area contributed by atoms with Crippen LogP contribution < -0.4 is 0 Å². The molecule has 0 aliphatic heterocycles. The Morgan fingerprint density at radius 1 is 1.17 bits per heavy atom. The number of carbonyl (C=O) groups excluding carboxylic acids is 1. The van der Waals surface area contributed by atoms with Gasteiger partial charge in [0.25, 0.3) is 0 Å². The van der Waals surface area contributed by atoms with Gasteiger partial charge in [-0.15, -0.1) is 0 Å². The first-order valence-corrected chi connectivity index (χ1v) is 9.90. The van der Waals surface area contributed by atoms with Crippen molar-refractivity contribution >= 4 is 5.97 Å². The maximum atomic E-state index is 11.7. The molecule has 24 heavy (non-hydrogen) atoms. The highest BCUT2D eigenvalue weighted by atomic mass is 16.6. The minimum Gasteiger partial charge on any atom is -0.459 e. The number of aliphatic hydroxyl groups is 1. The van der Waals surface area contributed by atoms with E-state index in [9.17, 15) is 9.90 Å². The van der Waals surface area contributed by atoms with Gasteiger partial charge in [0.1, 0.15) is 5.60 Å². The lowest BCUT2D eigenvalue weighted by molar-refractivity contribution is -0.175. The second-order valence-corrected chi connectivity index (χ2v) is 9.31. The van der Waals surface area contributed by atoms with Crippen LogP contribution in [0.2, 0.25) is 0 Å². The third-order valence-electron chi connectivity index (χ3n) is 8.32. The summed E-state index contributed by atoms with van der Waals surface area (Å²) >= 11 is 0. The van der Waals surface area contributed by atoms with Crippen LogP contribution in [0.5, 0.6) is 0 Å². The Labute approximate surface area is 145 Å². The maximum Gasteiger partial charge on any atom is 0.303 e. The lowest BCUT2D eigenvalue weighted by Crippen LogP contribution is -2.52. The van der Waals surface area contributed by atoms with Crippen molar-refractivity contribution in [3.63, 3.8) is 0 Å². The Morgan fingerprint density at radius 2 is 1.96 bits per heavy atom. The van der Waals surface area contributed by atoms with E-state index in [0.717, 1.165) is 31.1 Å². The molecule has 0 aromatic rings. The van der Waals surface area contributed by atoms with E-state index < -0.39 is 0 Å². The molecule has 1 unspecified atom stereocenters. The number of ether oxygens (including phenoxy) is 1. The smallest absolute Gasteiger partial charge is 0.303 e. The second kappa shape index (κ2) is 5.59. The summed E-state index contributed by atoms with van der Waals surface area (Å²) in [4.78, 5) is 11.7. The molecule has 4 aliphatic carbocycles. The van der Waals surface area contributed by atoms with E-state index in [0.29, 0.717) is 11.8 Å². The number of hydrogen-bond donors (Lipinski definition) is 1. The largest absolute Gasteiger partial charge is 0.459 e. The maximum absolute atomic E-state index is 11.7. The van der Waals surface area contributed by atoms with Crippen LogP contribution in [0.1, 0.15) is 72.1 Å². The van der Waals surface area contributed by atoms with Gasteiger partial charge in [0.15, 0.2) is 0 Å². The molecule has 0 amide bonds. The van der Waals surface area contributed by atoms with Crippen molar-refractivity contribution in [2.75, 3.05) is 0 Å². The monoisotopic (exact) mass is 332 g/mol. The minimum atomic E-state index is -0.290. The lowest BCUT2D eigenvalue weighted by atomic mass is 9.51. The first-order valence-electron chi connectivity index (χ1n) is 9.90. The van der Waals surface area contributed by atoms with Crippen molar-refractivity contribution in [3.8, 4) is 0 Å². The Balaban J connectivity index is 1.61. The van der Waals surface area contributed by atoms with E-state index in [2.05, 4.69) is 19.9 Å². The van der Waals surface area contributed by atoms with Crippen LogP contribution >= 0.6 is 0 Å². The second-order valence-electron chi connectivity index (χ2n) is 9.31. The first kappa shape index (κ1) is 16.6. The van der Waals surface area contributed by atoms with Crippen LogP contribution in [0, 0.1) is 29.1 Å². The van der Waals surface area contributed by atoms with E-state index in [1.165, 1.54) is 32.1 Å². The number of rotatable bonds is 1. The van der Waals surface area contributed by atoms with Crippen molar-refractivity contribution in [1.29, 1.82) is 0 Å². The number of allylic oxidation sites excluding steroid dienone is 1. The minimum absolute atomic E-state index is 0.114. The topological polar surface area (TPSA) is 46.5 Å². The first-order chi connectivity index (χ1) is 11.3. The summed E-state index contributed by atoms with van der Waals surface area (Å²) in [7, 11) is 0. The number of aliphatic hydroxyl groups excluding tert-OH is 1. The highest BCUT2D eigenvalue weighted by molar-refractivity contribution is 5.66. The summed E-state index contributed by atoms with van der Waals surface area (Å²) in [6.45, 7) is 6.11. The van der Waals surface area contributed by atoms with Gasteiger partial charge >= 0.3 is 5.97 Å². The summed E-state index contributed by atoms with van der Waals surface area (Å²) in [6.07, 6.45) is 11.2. The third kappa shape index (κ3) is 2.30. The highest BCUT2D eigenvalue weighted by Gasteiger charge is 2.62. The van der Waals surface area contributed by atoms with Crippen molar-refractivity contribution in [2.24, 2.45) is 29.1 Å². The molecule has 0 radical (unpaired) electrons. The average molecular weight is 332 g/mol. The van der Waals surface area contributed by atoms with Crippen LogP contribution in [-0.4, -0.2) is 22.8 Å². The fourth-order valence-electron chi connectivity index (χ4n) is 6.96. The van der Waals surface area contributed by atoms with E-state index in [1.807, 2.05) is 0 Å². The molecule has 134 valence electrons. The molecular weight excluding hydrogens is 300 g/mol. The van der Waals surface area contributed by atoms with Gasteiger partial charge in [-0.25, -0.2) is 0 Å². The summed E-state index contributed by atoms with van der Waals surface area (Å²) in [5.41, 5.74) is 1.37. The summed E-state index contributed by atoms with van der Waals surface area (Å²) in [5.74, 6) is 2.77. The normalized spacial score (nSPS) is 50.3. The molecule has 3 nitrogen and oxygen atoms in total. The van der Waals surface area contributed by atoms with Gasteiger partial charge in [0.05, 0.1) is 6.10 Å². The van der Waals surface area contributed by atoms with E-state index in [1.54, 1.807) is 12.5 Å². The zero-order valence-electron chi connectivity index (χ0n) is 15.4. The van der Waals surface area contributed by atoms with Crippen molar-refractivity contribution in [1.82, 2.24) is 0 Å². The Bertz CT molecular complexity index is 567. The average Bonchev–Trinajstić information content (AvgIpc) is 2.77. The highest BCUT2D eigenvalue weighted by Crippen LogP contribution is 2.65. The van der Waals surface area contributed by atoms with Gasteiger partial charge in [-0.3, -0.25) is 4.79 Å². The molecule has 4 aliphatic rings. The molecule has 0 aromatic carbocycles. The molecule has 0 spiro atoms. The molecular formula is C21H32O3. The Morgan fingerprint density at radius 3 is 2.71 bits per heavy atom. The predicted molar refractivity (Wildman–Crippen MR) is 93.3 cm³/mol. The van der Waals surface area contributed by atoms with Crippen molar-refractivity contribution in [3.05, 3.63) is 11.6 Å². The summed E-state index contributed by atoms with van der Waals surface area (Å²) < 4.78 is 5.88. The zero-order chi connectivity index (χ0) is 17.1. The van der Waals surface area contributed by atoms with Crippen molar-refractivity contribution < 1.29 is 14.6 Å². The van der Waals surface area contributed by atoms with Gasteiger partial charge in [0.2, 0.25) is 0 Å². The fraction of sp³-hybridized carbons (Fsp3) is 0.857. The lowest BCUT2D eigenvalue weighted by Gasteiger charge is -2.55. The molecule has 3 saturated carbocycles. The van der Waals surface area contributed by atoms with E-state index >= 15 is 0 Å². The number of fused-ring (bicyclic) bond motifs is 5. The quantitative estimate of drug-likeness (QED) is 0.577. The van der Waals surface area contributed by atoms with Crippen LogP contribution in [-0.2, 0) is 9.53 Å². The van der Waals surface area contributed by atoms with Crippen LogP contribution in [0.4, 0.5) is 0 Å². The molecule has 4 rings (SSSR count). The molecule has 0 saturated heterocycles. The number of hydrogen-bond acceptors (Lipinski definition) is 3. The zero-order valence-corrected chi connectivity index (χ0v) is 15.4. The third-order valence-corrected chi connectivity index (χ3v) is 8.32. The van der Waals surface area contributed by atoms with Gasteiger partial charge in [-0.1, -0.05) is 18.6 Å². The van der Waals surface area contributed by atoms with Crippen molar-refractivity contribution in [2.45, 2.75) is 83.8 Å². The van der Waals surface area contributed by atoms with E-state index in [-0.39, 0.29) is 23.1 Å². The van der Waals surface area contributed by atoms with Gasteiger partial charge < -0.3 is 9.84 Å². The molecule has 3 fully saturated rings. The molecule has 0 heterocycles. The number of esters is 1. The SMILES string of the molecule is CC(=O)OC1(C)CC[C@@H]2[C@@H]3CC=C4C[C@@H](O)CC[C@@H]4[C@@H]3CC[C@@]21C. The molecule has 0 bridgehead atoms. The Kier molecular flexibility index (Phi) is 3.87. The standard InChI is InChI=1S/C21H32O3/c1-13(22)24-21(3)11-9-19-18-6-4-14-12-15(23)5-7-16(14)17(18)8-10-20(19,21)2/h4,15-19,23H,5-12H2,1-3H3/t15-,16-,17-,18+,19+,20-,21?/m0/s1. The van der Waals surface area contributed by atoms with Crippen LogP contribution in [0.3, 0.4) is 0 Å².